The fourth-order valence-electron chi connectivity index (χ4n) is 2.91. The molecular formula is C19H25N5O5. The van der Waals surface area contributed by atoms with Gasteiger partial charge in [-0.25, -0.2) is 4.79 Å². The number of aromatic amines is 1. The van der Waals surface area contributed by atoms with Gasteiger partial charge >= 0.3 is 5.69 Å². The topological polar surface area (TPSA) is 144 Å². The van der Waals surface area contributed by atoms with E-state index in [9.17, 15) is 24.5 Å². The van der Waals surface area contributed by atoms with Crippen LogP contribution >= 0.6 is 0 Å². The second kappa shape index (κ2) is 8.72. The fourth-order valence-corrected chi connectivity index (χ4v) is 2.91. The third-order valence-corrected chi connectivity index (χ3v) is 4.15. The Labute approximate surface area is 167 Å². The molecule has 0 saturated carbocycles. The molecule has 156 valence electrons. The number of non-ortho nitro benzene ring substituents is 1. The van der Waals surface area contributed by atoms with Crippen LogP contribution in [0, 0.1) is 22.0 Å². The number of carbonyl (C=O) groups excluding carboxylic acids is 1. The molecule has 0 bridgehead atoms. The first-order valence-electron chi connectivity index (χ1n) is 9.21. The minimum absolute atomic E-state index is 0.0127. The lowest BCUT2D eigenvalue weighted by Crippen LogP contribution is -2.43. The zero-order chi connectivity index (χ0) is 21.9. The number of nitro benzene ring substituents is 1. The van der Waals surface area contributed by atoms with Gasteiger partial charge < -0.3 is 10.6 Å². The summed E-state index contributed by atoms with van der Waals surface area (Å²) in [6, 6.07) is 5.08. The highest BCUT2D eigenvalue weighted by molar-refractivity contribution is 6.07. The number of rotatable bonds is 7. The van der Waals surface area contributed by atoms with Crippen molar-refractivity contribution in [3.05, 3.63) is 60.8 Å². The molecule has 1 aromatic heterocycles. The summed E-state index contributed by atoms with van der Waals surface area (Å²) < 4.78 is 1.23. The normalized spacial score (nSPS) is 11.1. The summed E-state index contributed by atoms with van der Waals surface area (Å²) in [5, 5.41) is 10.8. The highest BCUT2D eigenvalue weighted by Gasteiger charge is 2.26. The van der Waals surface area contributed by atoms with Crippen LogP contribution in [0.4, 0.5) is 17.2 Å². The summed E-state index contributed by atoms with van der Waals surface area (Å²) in [6.45, 7) is 7.96. The Morgan fingerprint density at radius 3 is 2.24 bits per heavy atom. The molecule has 29 heavy (non-hydrogen) atoms. The van der Waals surface area contributed by atoms with Gasteiger partial charge in [0.1, 0.15) is 5.82 Å². The maximum absolute atomic E-state index is 13.1. The average molecular weight is 403 g/mol. The number of anilines is 2. The van der Waals surface area contributed by atoms with Crippen LogP contribution in [-0.2, 0) is 6.54 Å². The van der Waals surface area contributed by atoms with Crippen molar-refractivity contribution >= 4 is 23.1 Å². The molecule has 1 amide bonds. The van der Waals surface area contributed by atoms with Crippen molar-refractivity contribution in [1.82, 2.24) is 9.55 Å². The standard InChI is InChI=1S/C19H25N5O5/c1-11(2)9-22(18(26)13-5-7-14(8-6-13)24(28)29)15-16(20)23(10-12(3)4)19(27)21-17(15)25/h5-8,11-12H,9-10,20H2,1-4H3,(H,21,25,27). The number of nitrogens with two attached hydrogens (primary N) is 1. The number of hydrogen-bond acceptors (Lipinski definition) is 6. The lowest BCUT2D eigenvalue weighted by Gasteiger charge is -2.26. The molecule has 3 N–H and O–H groups in total. The molecule has 0 radical (unpaired) electrons. The van der Waals surface area contributed by atoms with Crippen molar-refractivity contribution in [2.45, 2.75) is 34.2 Å². The number of H-pyrrole nitrogens is 1. The van der Waals surface area contributed by atoms with Crippen LogP contribution in [0.25, 0.3) is 0 Å². The molecule has 0 atom stereocenters. The first-order chi connectivity index (χ1) is 13.5. The molecule has 1 aromatic carbocycles. The number of benzene rings is 1. The van der Waals surface area contributed by atoms with Crippen LogP contribution in [-0.4, -0.2) is 26.9 Å². The third-order valence-electron chi connectivity index (χ3n) is 4.15. The molecule has 1 heterocycles. The smallest absolute Gasteiger partial charge is 0.330 e. The minimum Gasteiger partial charge on any atom is -0.383 e. The van der Waals surface area contributed by atoms with E-state index >= 15 is 0 Å². The van der Waals surface area contributed by atoms with Gasteiger partial charge in [-0.2, -0.15) is 0 Å². The summed E-state index contributed by atoms with van der Waals surface area (Å²) >= 11 is 0. The van der Waals surface area contributed by atoms with Gasteiger partial charge in [0, 0.05) is 30.8 Å². The van der Waals surface area contributed by atoms with E-state index in [-0.39, 0.29) is 47.7 Å². The molecule has 0 unspecified atom stereocenters. The van der Waals surface area contributed by atoms with E-state index < -0.39 is 22.1 Å². The summed E-state index contributed by atoms with van der Waals surface area (Å²) in [4.78, 5) is 51.6. The van der Waals surface area contributed by atoms with Crippen LogP contribution in [0.5, 0.6) is 0 Å². The fraction of sp³-hybridized carbons (Fsp3) is 0.421. The highest BCUT2D eigenvalue weighted by Crippen LogP contribution is 2.22. The minimum atomic E-state index is -0.761. The maximum Gasteiger partial charge on any atom is 0.330 e. The van der Waals surface area contributed by atoms with Crippen molar-refractivity contribution in [2.24, 2.45) is 11.8 Å². The van der Waals surface area contributed by atoms with E-state index in [4.69, 9.17) is 5.73 Å². The Kier molecular flexibility index (Phi) is 6.57. The number of nitrogens with zero attached hydrogens (tertiary/aromatic N) is 3. The van der Waals surface area contributed by atoms with Gasteiger partial charge in [-0.15, -0.1) is 0 Å². The molecule has 10 nitrogen and oxygen atoms in total. The molecule has 2 rings (SSSR count). The number of hydrogen-bond donors (Lipinski definition) is 2. The number of nitro groups is 1. The number of nitrogen functional groups attached to an aromatic ring is 1. The van der Waals surface area contributed by atoms with E-state index in [1.807, 2.05) is 27.7 Å². The molecule has 0 fully saturated rings. The van der Waals surface area contributed by atoms with Crippen LogP contribution < -0.4 is 21.9 Å². The number of carbonyl (C=O) groups is 1. The number of aromatic nitrogens is 2. The van der Waals surface area contributed by atoms with Crippen molar-refractivity contribution in [2.75, 3.05) is 17.2 Å². The zero-order valence-corrected chi connectivity index (χ0v) is 16.8. The zero-order valence-electron chi connectivity index (χ0n) is 16.8. The van der Waals surface area contributed by atoms with Gasteiger partial charge in [-0.05, 0) is 24.0 Å². The molecule has 0 aliphatic carbocycles. The monoisotopic (exact) mass is 403 g/mol. The Balaban J connectivity index is 2.60. The summed E-state index contributed by atoms with van der Waals surface area (Å²) in [6.07, 6.45) is 0. The van der Waals surface area contributed by atoms with Gasteiger partial charge in [0.05, 0.1) is 4.92 Å². The first-order valence-corrected chi connectivity index (χ1v) is 9.21. The molecule has 10 heteroatoms. The molecule has 0 aliphatic heterocycles. The molecule has 0 aliphatic rings. The summed E-state index contributed by atoms with van der Waals surface area (Å²) in [5.74, 6) is -0.567. The Hall–Kier alpha value is -3.43. The highest BCUT2D eigenvalue weighted by atomic mass is 16.6. The van der Waals surface area contributed by atoms with Gasteiger partial charge in [0.15, 0.2) is 5.69 Å². The predicted octanol–water partition coefficient (Wildman–Crippen LogP) is 1.99. The molecular weight excluding hydrogens is 378 g/mol. The van der Waals surface area contributed by atoms with Crippen molar-refractivity contribution in [3.8, 4) is 0 Å². The van der Waals surface area contributed by atoms with Crippen LogP contribution in [0.2, 0.25) is 0 Å². The maximum atomic E-state index is 13.1. The van der Waals surface area contributed by atoms with E-state index in [1.165, 1.54) is 33.7 Å². The Morgan fingerprint density at radius 1 is 1.17 bits per heavy atom. The Morgan fingerprint density at radius 2 is 1.76 bits per heavy atom. The van der Waals surface area contributed by atoms with E-state index in [1.54, 1.807) is 0 Å². The van der Waals surface area contributed by atoms with Crippen molar-refractivity contribution in [3.63, 3.8) is 0 Å². The molecule has 0 saturated heterocycles. The molecule has 0 spiro atoms. The van der Waals surface area contributed by atoms with Crippen LogP contribution in [0.1, 0.15) is 38.1 Å². The lowest BCUT2D eigenvalue weighted by molar-refractivity contribution is -0.384. The van der Waals surface area contributed by atoms with Crippen LogP contribution in [0.15, 0.2) is 33.9 Å². The summed E-state index contributed by atoms with van der Waals surface area (Å²) in [5.41, 5.74) is 4.65. The van der Waals surface area contributed by atoms with Crippen molar-refractivity contribution < 1.29 is 9.72 Å². The second-order valence-electron chi connectivity index (χ2n) is 7.61. The number of amides is 1. The van der Waals surface area contributed by atoms with Gasteiger partial charge in [0.2, 0.25) is 0 Å². The van der Waals surface area contributed by atoms with Gasteiger partial charge in [-0.3, -0.25) is 29.3 Å². The third kappa shape index (κ3) is 4.89. The first kappa shape index (κ1) is 21.9. The van der Waals surface area contributed by atoms with E-state index in [0.717, 1.165) is 0 Å². The van der Waals surface area contributed by atoms with Crippen LogP contribution in [0.3, 0.4) is 0 Å². The van der Waals surface area contributed by atoms with Gasteiger partial charge in [0.25, 0.3) is 17.2 Å². The quantitative estimate of drug-likeness (QED) is 0.534. The molecule has 2 aromatic rings. The summed E-state index contributed by atoms with van der Waals surface area (Å²) in [7, 11) is 0. The number of nitrogens with one attached hydrogen (secondary N) is 1. The van der Waals surface area contributed by atoms with E-state index in [0.29, 0.717) is 0 Å². The lowest BCUT2D eigenvalue weighted by atomic mass is 10.1. The van der Waals surface area contributed by atoms with E-state index in [2.05, 4.69) is 4.98 Å². The van der Waals surface area contributed by atoms with Crippen molar-refractivity contribution in [1.29, 1.82) is 0 Å². The SMILES string of the molecule is CC(C)CN(C(=O)c1ccc([N+](=O)[O-])cc1)c1c(N)n(CC(C)C)c(=O)[nH]c1=O. The Bertz CT molecular complexity index is 1020. The second-order valence-corrected chi connectivity index (χ2v) is 7.61. The van der Waals surface area contributed by atoms with Gasteiger partial charge in [-0.1, -0.05) is 27.7 Å². The predicted molar refractivity (Wildman–Crippen MR) is 110 cm³/mol. The largest absolute Gasteiger partial charge is 0.383 e. The average Bonchev–Trinajstić information content (AvgIpc) is 2.63.